The summed E-state index contributed by atoms with van der Waals surface area (Å²) in [4.78, 5) is 40.8. The number of hydrogen-bond acceptors (Lipinski definition) is 5. The number of β-amino-alcohol motifs (C(OH)–C–C–N with tert-alkyl or cyclic N) is 1. The lowest BCUT2D eigenvalue weighted by atomic mass is 9.89. The van der Waals surface area contributed by atoms with Gasteiger partial charge in [-0.05, 0) is 12.8 Å². The molecule has 1 atom stereocenters. The average molecular weight is 326 g/mol. The molecule has 0 aliphatic carbocycles. The highest BCUT2D eigenvalue weighted by Gasteiger charge is 2.37. The van der Waals surface area contributed by atoms with Crippen LogP contribution >= 0.6 is 0 Å². The Bertz CT molecular complexity index is 484. The molecule has 130 valence electrons. The van der Waals surface area contributed by atoms with Crippen molar-refractivity contribution >= 4 is 17.7 Å². The van der Waals surface area contributed by atoms with Crippen molar-refractivity contribution in [3.8, 4) is 0 Å². The number of piperazine rings is 1. The number of aliphatic hydroxyl groups is 1. The molecule has 3 amide bonds. The number of piperidine rings is 1. The molecule has 0 aromatic carbocycles. The van der Waals surface area contributed by atoms with Crippen molar-refractivity contribution in [2.75, 3.05) is 53.4 Å². The fourth-order valence-electron chi connectivity index (χ4n) is 3.09. The predicted molar refractivity (Wildman–Crippen MR) is 83.5 cm³/mol. The summed E-state index contributed by atoms with van der Waals surface area (Å²) >= 11 is 0. The molecule has 0 radical (unpaired) electrons. The van der Waals surface area contributed by atoms with Gasteiger partial charge in [-0.3, -0.25) is 19.3 Å². The van der Waals surface area contributed by atoms with Gasteiger partial charge in [-0.15, -0.1) is 0 Å². The van der Waals surface area contributed by atoms with E-state index in [-0.39, 0.29) is 43.8 Å². The molecule has 2 N–H and O–H groups in total. The van der Waals surface area contributed by atoms with E-state index in [0.717, 1.165) is 0 Å². The van der Waals surface area contributed by atoms with E-state index >= 15 is 0 Å². The van der Waals surface area contributed by atoms with E-state index in [1.807, 2.05) is 4.90 Å². The minimum Gasteiger partial charge on any atom is -0.388 e. The molecule has 23 heavy (non-hydrogen) atoms. The maximum atomic E-state index is 12.4. The zero-order valence-electron chi connectivity index (χ0n) is 13.9. The Balaban J connectivity index is 1.89. The second-order valence-electron chi connectivity index (χ2n) is 6.52. The van der Waals surface area contributed by atoms with Gasteiger partial charge in [0, 0.05) is 40.3 Å². The highest BCUT2D eigenvalue weighted by molar-refractivity contribution is 5.82. The van der Waals surface area contributed by atoms with Gasteiger partial charge in [-0.25, -0.2) is 0 Å². The third-order valence-corrected chi connectivity index (χ3v) is 4.57. The van der Waals surface area contributed by atoms with E-state index < -0.39 is 5.60 Å². The summed E-state index contributed by atoms with van der Waals surface area (Å²) in [5.74, 6) is -0.317. The second kappa shape index (κ2) is 7.27. The standard InChI is InChI=1S/C15H26N4O4/c1-16-12(20)8-15(23)4-3-5-19(11-15)14(22)10-18-7-6-17(2)13(21)9-18/h23H,3-11H2,1-2H3,(H,16,20). The minimum absolute atomic E-state index is 0.000273. The Hall–Kier alpha value is -1.67. The topological polar surface area (TPSA) is 93.2 Å². The first kappa shape index (κ1) is 17.7. The summed E-state index contributed by atoms with van der Waals surface area (Å²) < 4.78 is 0. The average Bonchev–Trinajstić information content (AvgIpc) is 2.50. The van der Waals surface area contributed by atoms with Crippen LogP contribution in [0.15, 0.2) is 0 Å². The highest BCUT2D eigenvalue weighted by Crippen LogP contribution is 2.24. The lowest BCUT2D eigenvalue weighted by Gasteiger charge is -2.40. The van der Waals surface area contributed by atoms with Gasteiger partial charge in [0.15, 0.2) is 0 Å². The zero-order valence-corrected chi connectivity index (χ0v) is 13.9. The van der Waals surface area contributed by atoms with Crippen molar-refractivity contribution in [2.24, 2.45) is 0 Å². The van der Waals surface area contributed by atoms with Crippen molar-refractivity contribution in [1.82, 2.24) is 20.0 Å². The number of carbonyl (C=O) groups excluding carboxylic acids is 3. The number of nitrogens with one attached hydrogen (secondary N) is 1. The number of nitrogens with zero attached hydrogens (tertiary/aromatic N) is 3. The number of likely N-dealkylation sites (N-methyl/N-ethyl adjacent to an activating group) is 1. The molecule has 2 fully saturated rings. The highest BCUT2D eigenvalue weighted by atomic mass is 16.3. The van der Waals surface area contributed by atoms with Crippen LogP contribution in [0, 0.1) is 0 Å². The molecule has 0 spiro atoms. The van der Waals surface area contributed by atoms with Crippen molar-refractivity contribution in [3.05, 3.63) is 0 Å². The largest absolute Gasteiger partial charge is 0.388 e. The van der Waals surface area contributed by atoms with Crippen LogP contribution in [0.4, 0.5) is 0 Å². The van der Waals surface area contributed by atoms with Gasteiger partial charge in [-0.2, -0.15) is 0 Å². The number of likely N-dealkylation sites (tertiary alicyclic amines) is 1. The van der Waals surface area contributed by atoms with E-state index in [4.69, 9.17) is 0 Å². The van der Waals surface area contributed by atoms with E-state index in [2.05, 4.69) is 5.32 Å². The molecule has 2 aliphatic rings. The van der Waals surface area contributed by atoms with Gasteiger partial charge in [-0.1, -0.05) is 0 Å². The Labute approximate surface area is 136 Å². The van der Waals surface area contributed by atoms with Gasteiger partial charge in [0.05, 0.1) is 25.1 Å². The molecular formula is C15H26N4O4. The summed E-state index contributed by atoms with van der Waals surface area (Å²) in [5.41, 5.74) is -1.16. The van der Waals surface area contributed by atoms with Crippen molar-refractivity contribution < 1.29 is 19.5 Å². The second-order valence-corrected chi connectivity index (χ2v) is 6.52. The van der Waals surface area contributed by atoms with E-state index in [9.17, 15) is 19.5 Å². The smallest absolute Gasteiger partial charge is 0.236 e. The number of amides is 3. The third kappa shape index (κ3) is 4.65. The van der Waals surface area contributed by atoms with Crippen molar-refractivity contribution in [3.63, 3.8) is 0 Å². The van der Waals surface area contributed by atoms with Gasteiger partial charge in [0.1, 0.15) is 0 Å². The van der Waals surface area contributed by atoms with Crippen LogP contribution in [0.1, 0.15) is 19.3 Å². The molecule has 8 heteroatoms. The molecule has 0 saturated carbocycles. The summed E-state index contributed by atoms with van der Waals surface area (Å²) in [6.07, 6.45) is 1.18. The van der Waals surface area contributed by atoms with Crippen LogP contribution < -0.4 is 5.32 Å². The molecule has 0 aromatic rings. The van der Waals surface area contributed by atoms with Crippen molar-refractivity contribution in [1.29, 1.82) is 0 Å². The SMILES string of the molecule is CNC(=O)CC1(O)CCCN(C(=O)CN2CCN(C)C(=O)C2)C1. The Morgan fingerprint density at radius 3 is 2.70 bits per heavy atom. The third-order valence-electron chi connectivity index (χ3n) is 4.57. The zero-order chi connectivity index (χ0) is 17.0. The van der Waals surface area contributed by atoms with E-state index in [1.165, 1.54) is 7.05 Å². The first-order chi connectivity index (χ1) is 10.8. The van der Waals surface area contributed by atoms with Crippen LogP contribution in [0.25, 0.3) is 0 Å². The van der Waals surface area contributed by atoms with E-state index in [1.54, 1.807) is 16.8 Å². The quantitative estimate of drug-likeness (QED) is 0.639. The molecule has 1 unspecified atom stereocenters. The van der Waals surface area contributed by atoms with Crippen LogP contribution in [-0.2, 0) is 14.4 Å². The first-order valence-electron chi connectivity index (χ1n) is 8.00. The Morgan fingerprint density at radius 1 is 1.30 bits per heavy atom. The molecule has 2 aliphatic heterocycles. The van der Waals surface area contributed by atoms with Crippen molar-refractivity contribution in [2.45, 2.75) is 24.9 Å². The van der Waals surface area contributed by atoms with Crippen LogP contribution in [-0.4, -0.2) is 96.5 Å². The summed E-state index contributed by atoms with van der Waals surface area (Å²) in [6, 6.07) is 0. The molecule has 8 nitrogen and oxygen atoms in total. The summed E-state index contributed by atoms with van der Waals surface area (Å²) in [7, 11) is 3.28. The fraction of sp³-hybridized carbons (Fsp3) is 0.800. The van der Waals surface area contributed by atoms with Gasteiger partial charge in [0.2, 0.25) is 17.7 Å². The minimum atomic E-state index is -1.16. The predicted octanol–water partition coefficient (Wildman–Crippen LogP) is -1.75. The van der Waals surface area contributed by atoms with Gasteiger partial charge >= 0.3 is 0 Å². The molecule has 0 aromatic heterocycles. The normalized spacial score (nSPS) is 26.3. The maximum Gasteiger partial charge on any atom is 0.236 e. The molecular weight excluding hydrogens is 300 g/mol. The van der Waals surface area contributed by atoms with Gasteiger partial charge in [0.25, 0.3) is 0 Å². The van der Waals surface area contributed by atoms with Gasteiger partial charge < -0.3 is 20.2 Å². The molecule has 2 heterocycles. The Morgan fingerprint density at radius 2 is 2.04 bits per heavy atom. The monoisotopic (exact) mass is 326 g/mol. The summed E-state index contributed by atoms with van der Waals surface area (Å²) in [5, 5.41) is 13.0. The lowest BCUT2D eigenvalue weighted by Crippen LogP contribution is -2.56. The lowest BCUT2D eigenvalue weighted by molar-refractivity contribution is -0.145. The van der Waals surface area contributed by atoms with Crippen LogP contribution in [0.5, 0.6) is 0 Å². The molecule has 0 bridgehead atoms. The number of hydrogen-bond donors (Lipinski definition) is 2. The fourth-order valence-corrected chi connectivity index (χ4v) is 3.09. The van der Waals surface area contributed by atoms with E-state index in [0.29, 0.717) is 32.5 Å². The van der Waals surface area contributed by atoms with Crippen LogP contribution in [0.2, 0.25) is 0 Å². The number of rotatable bonds is 4. The van der Waals surface area contributed by atoms with Crippen LogP contribution in [0.3, 0.4) is 0 Å². The molecule has 2 saturated heterocycles. The Kier molecular flexibility index (Phi) is 5.59. The number of carbonyl (C=O) groups is 3. The maximum absolute atomic E-state index is 12.4. The summed E-state index contributed by atoms with van der Waals surface area (Å²) in [6.45, 7) is 2.46. The molecule has 2 rings (SSSR count). The first-order valence-corrected chi connectivity index (χ1v) is 8.00.